The third-order valence-corrected chi connectivity index (χ3v) is 3.28. The molecule has 0 saturated heterocycles. The van der Waals surface area contributed by atoms with Gasteiger partial charge < -0.3 is 0 Å². The molecule has 3 nitrogen and oxygen atoms in total. The molecular weight excluding hydrogens is 263 g/mol. The summed E-state index contributed by atoms with van der Waals surface area (Å²) >= 11 is 1.37. The Morgan fingerprint density at radius 3 is 2.67 bits per heavy atom. The summed E-state index contributed by atoms with van der Waals surface area (Å²) in [6.45, 7) is 0. The van der Waals surface area contributed by atoms with Crippen LogP contribution in [0.1, 0.15) is 5.82 Å². The lowest BCUT2D eigenvalue weighted by atomic mass is 10.3. The molecular formula is C11H6F3N3S. The first-order valence-electron chi connectivity index (χ1n) is 5.00. The lowest BCUT2D eigenvalue weighted by molar-refractivity contribution is -0.145. The molecule has 0 N–H and O–H groups in total. The lowest BCUT2D eigenvalue weighted by Gasteiger charge is -2.06. The van der Waals surface area contributed by atoms with Crippen molar-refractivity contribution < 1.29 is 13.2 Å². The van der Waals surface area contributed by atoms with Crippen LogP contribution in [0, 0.1) is 0 Å². The third kappa shape index (κ3) is 1.76. The largest absolute Gasteiger partial charge is 0.450 e. The van der Waals surface area contributed by atoms with E-state index in [0.29, 0.717) is 16.1 Å². The average Bonchev–Trinajstić information content (AvgIpc) is 2.96. The molecule has 0 saturated carbocycles. The van der Waals surface area contributed by atoms with Gasteiger partial charge in [-0.25, -0.2) is 9.97 Å². The molecule has 3 heterocycles. The highest BCUT2D eigenvalue weighted by molar-refractivity contribution is 7.13. The van der Waals surface area contributed by atoms with Crippen LogP contribution in [-0.2, 0) is 6.18 Å². The number of alkyl halides is 3. The van der Waals surface area contributed by atoms with E-state index < -0.39 is 12.0 Å². The van der Waals surface area contributed by atoms with Gasteiger partial charge in [-0.1, -0.05) is 0 Å². The summed E-state index contributed by atoms with van der Waals surface area (Å²) in [6, 6.07) is 3.33. The molecule has 0 aliphatic heterocycles. The molecule has 0 unspecified atom stereocenters. The van der Waals surface area contributed by atoms with Crippen molar-refractivity contribution in [3.63, 3.8) is 0 Å². The fourth-order valence-electron chi connectivity index (χ4n) is 1.69. The molecule has 0 aliphatic rings. The summed E-state index contributed by atoms with van der Waals surface area (Å²) < 4.78 is 39.2. The predicted octanol–water partition coefficient (Wildman–Crippen LogP) is 3.48. The van der Waals surface area contributed by atoms with E-state index >= 15 is 0 Å². The van der Waals surface area contributed by atoms with Gasteiger partial charge in [0.05, 0.1) is 11.7 Å². The number of halogens is 3. The predicted molar refractivity (Wildman–Crippen MR) is 61.3 cm³/mol. The van der Waals surface area contributed by atoms with E-state index in [0.717, 1.165) is 4.40 Å². The van der Waals surface area contributed by atoms with Crippen LogP contribution in [0.3, 0.4) is 0 Å². The molecule has 0 atom stereocenters. The van der Waals surface area contributed by atoms with Gasteiger partial charge in [-0.15, -0.1) is 11.3 Å². The summed E-state index contributed by atoms with van der Waals surface area (Å²) in [4.78, 5) is 7.48. The van der Waals surface area contributed by atoms with E-state index in [1.54, 1.807) is 23.7 Å². The Labute approximate surface area is 104 Å². The molecule has 92 valence electrons. The van der Waals surface area contributed by atoms with Crippen LogP contribution in [0.4, 0.5) is 13.2 Å². The van der Waals surface area contributed by atoms with Crippen LogP contribution < -0.4 is 0 Å². The van der Waals surface area contributed by atoms with Gasteiger partial charge in [0.2, 0.25) is 5.82 Å². The van der Waals surface area contributed by atoms with Crippen molar-refractivity contribution in [1.29, 1.82) is 0 Å². The number of nitrogens with zero attached hydrogens (tertiary/aromatic N) is 3. The Hall–Kier alpha value is -1.89. The second-order valence-electron chi connectivity index (χ2n) is 3.63. The van der Waals surface area contributed by atoms with E-state index in [4.69, 9.17) is 0 Å². The number of pyridine rings is 1. The van der Waals surface area contributed by atoms with E-state index in [-0.39, 0.29) is 0 Å². The number of hydrogen-bond acceptors (Lipinski definition) is 3. The van der Waals surface area contributed by atoms with Crippen LogP contribution in [0.25, 0.3) is 16.1 Å². The molecule has 0 amide bonds. The van der Waals surface area contributed by atoms with Crippen molar-refractivity contribution in [3.8, 4) is 10.6 Å². The molecule has 3 aromatic heterocycles. The van der Waals surface area contributed by atoms with Gasteiger partial charge in [-0.2, -0.15) is 13.2 Å². The molecule has 0 aromatic carbocycles. The van der Waals surface area contributed by atoms with Crippen LogP contribution >= 0.6 is 11.3 Å². The van der Waals surface area contributed by atoms with Gasteiger partial charge in [-0.05, 0) is 12.1 Å². The maximum Gasteiger partial charge on any atom is 0.450 e. The van der Waals surface area contributed by atoms with Crippen LogP contribution in [0.2, 0.25) is 0 Å². The average molecular weight is 269 g/mol. The number of thiazole rings is 1. The van der Waals surface area contributed by atoms with Crippen LogP contribution in [0.5, 0.6) is 0 Å². The van der Waals surface area contributed by atoms with Gasteiger partial charge >= 0.3 is 6.18 Å². The van der Waals surface area contributed by atoms with Crippen molar-refractivity contribution >= 4 is 16.9 Å². The van der Waals surface area contributed by atoms with Gasteiger partial charge in [0.25, 0.3) is 0 Å². The van der Waals surface area contributed by atoms with E-state index in [9.17, 15) is 13.2 Å². The zero-order valence-corrected chi connectivity index (χ0v) is 9.66. The fraction of sp³-hybridized carbons (Fsp3) is 0.0909. The maximum absolute atomic E-state index is 12.7. The monoisotopic (exact) mass is 269 g/mol. The highest BCUT2D eigenvalue weighted by Crippen LogP contribution is 2.30. The first-order chi connectivity index (χ1) is 8.55. The molecule has 18 heavy (non-hydrogen) atoms. The third-order valence-electron chi connectivity index (χ3n) is 2.46. The number of aromatic nitrogens is 3. The van der Waals surface area contributed by atoms with E-state index in [1.807, 2.05) is 0 Å². The minimum Gasteiger partial charge on any atom is -0.295 e. The van der Waals surface area contributed by atoms with Gasteiger partial charge in [-0.3, -0.25) is 4.40 Å². The van der Waals surface area contributed by atoms with Gasteiger partial charge in [0.15, 0.2) is 0 Å². The lowest BCUT2D eigenvalue weighted by Crippen LogP contribution is -2.10. The van der Waals surface area contributed by atoms with Crippen molar-refractivity contribution in [2.75, 3.05) is 0 Å². The maximum atomic E-state index is 12.7. The van der Waals surface area contributed by atoms with Gasteiger partial charge in [0, 0.05) is 23.3 Å². The van der Waals surface area contributed by atoms with Crippen molar-refractivity contribution in [2.45, 2.75) is 6.18 Å². The summed E-state index contributed by atoms with van der Waals surface area (Å²) in [7, 11) is 0. The second-order valence-corrected chi connectivity index (χ2v) is 4.52. The minimum atomic E-state index is -4.46. The highest BCUT2D eigenvalue weighted by atomic mass is 32.1. The molecule has 0 spiro atoms. The SMILES string of the molecule is FC(F)(F)c1ncc2ccc(-c3nccs3)cn12. The fourth-order valence-corrected chi connectivity index (χ4v) is 2.32. The minimum absolute atomic E-state index is 0.405. The second kappa shape index (κ2) is 3.81. The van der Waals surface area contributed by atoms with Gasteiger partial charge in [0.1, 0.15) is 5.01 Å². The molecule has 0 bridgehead atoms. The molecule has 3 rings (SSSR count). The molecule has 0 radical (unpaired) electrons. The van der Waals surface area contributed by atoms with Crippen LogP contribution in [-0.4, -0.2) is 14.4 Å². The summed E-state index contributed by atoms with van der Waals surface area (Å²) in [6.07, 6.45) is -0.241. The Balaban J connectivity index is 2.22. The standard InChI is InChI=1S/C11H6F3N3S/c12-11(13,14)10-16-5-8-2-1-7(6-17(8)10)9-15-3-4-18-9/h1-6H. The number of imidazole rings is 1. The van der Waals surface area contributed by atoms with Crippen molar-refractivity contribution in [1.82, 2.24) is 14.4 Å². The molecule has 0 fully saturated rings. The van der Waals surface area contributed by atoms with E-state index in [2.05, 4.69) is 9.97 Å². The Morgan fingerprint density at radius 1 is 1.17 bits per heavy atom. The zero-order valence-electron chi connectivity index (χ0n) is 8.85. The Kier molecular flexibility index (Phi) is 2.37. The topological polar surface area (TPSA) is 30.2 Å². The van der Waals surface area contributed by atoms with Crippen LogP contribution in [0.15, 0.2) is 36.1 Å². The first kappa shape index (κ1) is 11.2. The molecule has 0 aliphatic carbocycles. The zero-order chi connectivity index (χ0) is 12.8. The Morgan fingerprint density at radius 2 is 2.00 bits per heavy atom. The summed E-state index contributed by atoms with van der Waals surface area (Å²) in [5.41, 5.74) is 1.05. The highest BCUT2D eigenvalue weighted by Gasteiger charge is 2.35. The quantitative estimate of drug-likeness (QED) is 0.677. The number of fused-ring (bicyclic) bond motifs is 1. The Bertz CT molecular complexity index is 685. The van der Waals surface area contributed by atoms with Crippen molar-refractivity contribution in [3.05, 3.63) is 41.9 Å². The first-order valence-corrected chi connectivity index (χ1v) is 5.88. The van der Waals surface area contributed by atoms with E-state index in [1.165, 1.54) is 23.7 Å². The summed E-state index contributed by atoms with van der Waals surface area (Å²) in [5, 5.41) is 2.46. The number of hydrogen-bond donors (Lipinski definition) is 0. The smallest absolute Gasteiger partial charge is 0.295 e. The summed E-state index contributed by atoms with van der Waals surface area (Å²) in [5.74, 6) is -0.920. The normalized spacial score (nSPS) is 12.2. The molecule has 7 heteroatoms. The number of rotatable bonds is 1. The van der Waals surface area contributed by atoms with Crippen molar-refractivity contribution in [2.24, 2.45) is 0 Å². The molecule has 3 aromatic rings.